The maximum absolute atomic E-state index is 14.0. The predicted molar refractivity (Wildman–Crippen MR) is 175 cm³/mol. The summed E-state index contributed by atoms with van der Waals surface area (Å²) in [6.45, 7) is 14.4. The van der Waals surface area contributed by atoms with Gasteiger partial charge in [0.1, 0.15) is 4.70 Å². The van der Waals surface area contributed by atoms with Crippen LogP contribution in [0.1, 0.15) is 70.2 Å². The van der Waals surface area contributed by atoms with E-state index in [0.29, 0.717) is 27.9 Å². The second kappa shape index (κ2) is 12.2. The van der Waals surface area contributed by atoms with E-state index in [1.165, 1.54) is 24.2 Å². The second-order valence-electron chi connectivity index (χ2n) is 12.7. The number of aryl methyl sites for hydroxylation is 1. The Hall–Kier alpha value is -3.23. The molecule has 42 heavy (non-hydrogen) atoms. The Labute approximate surface area is 251 Å². The highest BCUT2D eigenvalue weighted by Crippen LogP contribution is 2.32. The van der Waals surface area contributed by atoms with E-state index in [9.17, 15) is 9.59 Å². The number of carbonyl (C=O) groups excluding carboxylic acids is 1. The molecule has 0 saturated carbocycles. The number of hydrogen-bond acceptors (Lipinski definition) is 5. The molecule has 0 aliphatic carbocycles. The largest absolute Gasteiger partial charge is 0.339 e. The normalized spacial score (nSPS) is 14.5. The van der Waals surface area contributed by atoms with Crippen molar-refractivity contribution in [1.29, 1.82) is 0 Å². The molecule has 1 aliphatic rings. The molecule has 2 aromatic carbocycles. The molecule has 0 bridgehead atoms. The van der Waals surface area contributed by atoms with E-state index in [1.807, 2.05) is 35.2 Å². The molecule has 0 spiro atoms. The molecule has 7 nitrogen and oxygen atoms in total. The van der Waals surface area contributed by atoms with Crippen molar-refractivity contribution in [2.45, 2.75) is 66.3 Å². The zero-order valence-electron chi connectivity index (χ0n) is 25.4. The number of likely N-dealkylation sites (tertiary alicyclic amines) is 1. The van der Waals surface area contributed by atoms with Crippen LogP contribution in [0.2, 0.25) is 0 Å². The Morgan fingerprint density at radius 3 is 2.38 bits per heavy atom. The Kier molecular flexibility index (Phi) is 8.37. The van der Waals surface area contributed by atoms with E-state index in [0.717, 1.165) is 85.2 Å². The first kappa shape index (κ1) is 28.9. The number of benzene rings is 2. The van der Waals surface area contributed by atoms with Gasteiger partial charge in [-0.3, -0.25) is 9.59 Å². The highest BCUT2D eigenvalue weighted by atomic mass is 32.1. The lowest BCUT2D eigenvalue weighted by atomic mass is 10.1. The zero-order valence-corrected chi connectivity index (χ0v) is 26.3. The molecule has 0 atom stereocenters. The number of imidazole rings is 1. The van der Waals surface area contributed by atoms with Gasteiger partial charge >= 0.3 is 0 Å². The lowest BCUT2D eigenvalue weighted by Gasteiger charge is -2.24. The molecule has 4 heterocycles. The maximum Gasteiger partial charge on any atom is 0.277 e. The van der Waals surface area contributed by atoms with Gasteiger partial charge in [0.2, 0.25) is 5.78 Å². The van der Waals surface area contributed by atoms with Crippen molar-refractivity contribution in [2.24, 2.45) is 11.8 Å². The molecule has 1 amide bonds. The molecular weight excluding hydrogens is 542 g/mol. The fourth-order valence-corrected chi connectivity index (χ4v) is 7.27. The topological polar surface area (TPSA) is 62.9 Å². The maximum atomic E-state index is 14.0. The van der Waals surface area contributed by atoms with Gasteiger partial charge in [-0.1, -0.05) is 45.9 Å². The van der Waals surface area contributed by atoms with Crippen molar-refractivity contribution in [1.82, 2.24) is 23.8 Å². The van der Waals surface area contributed by atoms with Gasteiger partial charge in [0.15, 0.2) is 0 Å². The minimum atomic E-state index is -0.0333. The SMILES string of the molecule is CC(C)CCN(CCC(C)C)C(=O)c1ccc2c(c1)n(CCCN1CCCC1)c1nc3c(sc4ccccc43)c(=O)n21. The predicted octanol–water partition coefficient (Wildman–Crippen LogP) is 7.04. The van der Waals surface area contributed by atoms with Gasteiger partial charge in [-0.05, 0) is 87.8 Å². The summed E-state index contributed by atoms with van der Waals surface area (Å²) in [6.07, 6.45) is 5.46. The molecule has 1 aliphatic heterocycles. The van der Waals surface area contributed by atoms with Crippen LogP contribution in [0.3, 0.4) is 0 Å². The summed E-state index contributed by atoms with van der Waals surface area (Å²) in [4.78, 5) is 37.6. The molecule has 5 aromatic rings. The van der Waals surface area contributed by atoms with E-state index >= 15 is 0 Å². The van der Waals surface area contributed by atoms with E-state index in [1.54, 1.807) is 4.40 Å². The van der Waals surface area contributed by atoms with Crippen LogP contribution in [0.25, 0.3) is 37.1 Å². The Morgan fingerprint density at radius 2 is 1.67 bits per heavy atom. The van der Waals surface area contributed by atoms with Gasteiger partial charge in [-0.15, -0.1) is 11.3 Å². The van der Waals surface area contributed by atoms with Crippen LogP contribution in [0.5, 0.6) is 0 Å². The number of aromatic nitrogens is 3. The number of nitrogens with zero attached hydrogens (tertiary/aromatic N) is 5. The first-order valence-electron chi connectivity index (χ1n) is 15.7. The number of amides is 1. The van der Waals surface area contributed by atoms with Crippen molar-refractivity contribution in [3.8, 4) is 0 Å². The molecule has 8 heteroatoms. The summed E-state index contributed by atoms with van der Waals surface area (Å²) in [5, 5.41) is 1.02. The lowest BCUT2D eigenvalue weighted by Crippen LogP contribution is -2.34. The molecule has 3 aromatic heterocycles. The van der Waals surface area contributed by atoms with Gasteiger partial charge in [0.25, 0.3) is 11.5 Å². The molecule has 0 radical (unpaired) electrons. The van der Waals surface area contributed by atoms with Gasteiger partial charge in [-0.2, -0.15) is 0 Å². The van der Waals surface area contributed by atoms with Gasteiger partial charge in [0, 0.05) is 35.3 Å². The van der Waals surface area contributed by atoms with Gasteiger partial charge in [-0.25, -0.2) is 9.38 Å². The number of carbonyl (C=O) groups is 1. The zero-order chi connectivity index (χ0) is 29.4. The Morgan fingerprint density at radius 1 is 0.952 bits per heavy atom. The number of fused-ring (bicyclic) bond motifs is 6. The summed E-state index contributed by atoms with van der Waals surface area (Å²) in [5.41, 5.74) is 3.14. The highest BCUT2D eigenvalue weighted by Gasteiger charge is 2.22. The van der Waals surface area contributed by atoms with Crippen LogP contribution < -0.4 is 5.56 Å². The summed E-state index contributed by atoms with van der Waals surface area (Å²) in [7, 11) is 0. The summed E-state index contributed by atoms with van der Waals surface area (Å²) >= 11 is 1.51. The fraction of sp³-hybridized carbons (Fsp3) is 0.500. The minimum Gasteiger partial charge on any atom is -0.339 e. The number of thiophene rings is 1. The third-order valence-electron chi connectivity index (χ3n) is 8.67. The van der Waals surface area contributed by atoms with E-state index in [4.69, 9.17) is 4.98 Å². The van der Waals surface area contributed by atoms with Crippen molar-refractivity contribution in [3.63, 3.8) is 0 Å². The van der Waals surface area contributed by atoms with Crippen molar-refractivity contribution in [3.05, 3.63) is 58.4 Å². The number of hydrogen-bond donors (Lipinski definition) is 0. The molecule has 0 N–H and O–H groups in total. The Balaban J connectivity index is 1.46. The van der Waals surface area contributed by atoms with Crippen molar-refractivity contribution >= 4 is 54.4 Å². The van der Waals surface area contributed by atoms with Gasteiger partial charge in [0.05, 0.1) is 16.6 Å². The number of rotatable bonds is 11. The lowest BCUT2D eigenvalue weighted by molar-refractivity contribution is 0.0741. The van der Waals surface area contributed by atoms with Crippen molar-refractivity contribution in [2.75, 3.05) is 32.7 Å². The Bertz CT molecular complexity index is 1780. The van der Waals surface area contributed by atoms with E-state index in [-0.39, 0.29) is 11.5 Å². The van der Waals surface area contributed by atoms with E-state index < -0.39 is 0 Å². The average molecular weight is 586 g/mol. The van der Waals surface area contributed by atoms with Gasteiger partial charge < -0.3 is 14.4 Å². The van der Waals surface area contributed by atoms with Crippen LogP contribution in [-0.2, 0) is 6.54 Å². The third-order valence-corrected chi connectivity index (χ3v) is 9.82. The monoisotopic (exact) mass is 585 g/mol. The van der Waals surface area contributed by atoms with Crippen LogP contribution in [0.15, 0.2) is 47.3 Å². The van der Waals surface area contributed by atoms with Crippen LogP contribution in [0.4, 0.5) is 0 Å². The smallest absolute Gasteiger partial charge is 0.277 e. The molecule has 6 rings (SSSR count). The standard InChI is InChI=1S/C34H43N5O2S/c1-23(2)14-20-37(21-15-24(3)4)32(40)25-12-13-27-28(22-25)38(19-9-18-36-16-7-8-17-36)34-35-30-26-10-5-6-11-29(26)42-31(30)33(41)39(27)34/h5-6,10-13,22-24H,7-9,14-21H2,1-4H3. The molecule has 222 valence electrons. The average Bonchev–Trinajstić information content (AvgIpc) is 3.70. The van der Waals surface area contributed by atoms with Crippen LogP contribution in [0, 0.1) is 11.8 Å². The third kappa shape index (κ3) is 5.59. The summed E-state index contributed by atoms with van der Waals surface area (Å²) in [6, 6.07) is 14.0. The van der Waals surface area contributed by atoms with Crippen LogP contribution in [-0.4, -0.2) is 62.4 Å². The minimum absolute atomic E-state index is 0.0333. The molecule has 1 fully saturated rings. The van der Waals surface area contributed by atoms with Crippen molar-refractivity contribution < 1.29 is 4.79 Å². The molecular formula is C34H43N5O2S. The highest BCUT2D eigenvalue weighted by molar-refractivity contribution is 7.25. The van der Waals surface area contributed by atoms with Crippen LogP contribution >= 0.6 is 11.3 Å². The second-order valence-corrected chi connectivity index (χ2v) is 13.8. The van der Waals surface area contributed by atoms with E-state index in [2.05, 4.69) is 49.3 Å². The first-order chi connectivity index (χ1) is 20.3. The fourth-order valence-electron chi connectivity index (χ4n) is 6.20. The first-order valence-corrected chi connectivity index (χ1v) is 16.5. The molecule has 1 saturated heterocycles. The summed E-state index contributed by atoms with van der Waals surface area (Å²) in [5.74, 6) is 1.79. The molecule has 0 unspecified atom stereocenters. The quantitative estimate of drug-likeness (QED) is 0.167. The summed E-state index contributed by atoms with van der Waals surface area (Å²) < 4.78 is 5.71.